The highest BCUT2D eigenvalue weighted by Crippen LogP contribution is 2.29. The van der Waals surface area contributed by atoms with Crippen LogP contribution in [-0.2, 0) is 0 Å². The van der Waals surface area contributed by atoms with Crippen LogP contribution in [-0.4, -0.2) is 33.8 Å². The smallest absolute Gasteiger partial charge is 0.406 e. The molecule has 2 atom stereocenters. The highest BCUT2D eigenvalue weighted by atomic mass is 19.4. The van der Waals surface area contributed by atoms with Crippen LogP contribution in [0.25, 0.3) is 0 Å². The van der Waals surface area contributed by atoms with E-state index in [1.165, 1.54) is 24.3 Å². The van der Waals surface area contributed by atoms with Gasteiger partial charge in [0.05, 0.1) is 22.8 Å². The van der Waals surface area contributed by atoms with Crippen LogP contribution in [0.4, 0.5) is 24.5 Å². The van der Waals surface area contributed by atoms with Crippen LogP contribution in [0, 0.1) is 10.1 Å². The fraction of sp³-hybridized carbons (Fsp3) is 0.217. The molecule has 0 saturated carbocycles. The summed E-state index contributed by atoms with van der Waals surface area (Å²) in [6.07, 6.45) is -4.46. The summed E-state index contributed by atoms with van der Waals surface area (Å²) in [5.41, 5.74) is 0.797. The number of alkyl halides is 3. The Balaban J connectivity index is 1.64. The average molecular weight is 490 g/mol. The quantitative estimate of drug-likeness (QED) is 0.297. The van der Waals surface area contributed by atoms with E-state index in [9.17, 15) is 33.2 Å². The fourth-order valence-electron chi connectivity index (χ4n) is 3.19. The lowest BCUT2D eigenvalue weighted by molar-refractivity contribution is -0.384. The number of hydrogen-bond acceptors (Lipinski definition) is 7. The molecule has 35 heavy (non-hydrogen) atoms. The molecule has 0 aliphatic rings. The van der Waals surface area contributed by atoms with Gasteiger partial charge in [0.2, 0.25) is 0 Å². The van der Waals surface area contributed by atoms with E-state index in [1.807, 2.05) is 0 Å². The number of anilines is 1. The number of nitrogens with one attached hydrogen (secondary N) is 2. The number of nitrogens with zero attached hydrogens (tertiary/aromatic N) is 2. The van der Waals surface area contributed by atoms with Crippen LogP contribution in [0.15, 0.2) is 66.9 Å². The first-order valence-electron chi connectivity index (χ1n) is 10.3. The summed E-state index contributed by atoms with van der Waals surface area (Å²) < 4.78 is 40.5. The first kappa shape index (κ1) is 25.4. The van der Waals surface area contributed by atoms with Gasteiger partial charge in [0, 0.05) is 24.4 Å². The first-order chi connectivity index (χ1) is 16.5. The Bertz CT molecular complexity index is 1170. The third-order valence-corrected chi connectivity index (χ3v) is 4.91. The largest absolute Gasteiger partial charge is 0.573 e. The number of nitro groups is 1. The standard InChI is InChI=1S/C23H21F3N4O5/c1-14(18-4-2-3-11-27-18)29-19-10-7-16(12-20(19)30(33)34)22(32)28-13-21(31)15-5-8-17(9-6-15)35-23(24,25)26/h2-12,14,21,29,31H,13H2,1H3,(H,28,32). The van der Waals surface area contributed by atoms with E-state index in [-0.39, 0.29) is 35.1 Å². The van der Waals surface area contributed by atoms with E-state index in [0.29, 0.717) is 5.69 Å². The van der Waals surface area contributed by atoms with E-state index >= 15 is 0 Å². The normalized spacial score (nSPS) is 12.9. The number of rotatable bonds is 9. The van der Waals surface area contributed by atoms with Crippen LogP contribution in [0.2, 0.25) is 0 Å². The van der Waals surface area contributed by atoms with Crippen molar-refractivity contribution < 1.29 is 32.7 Å². The molecule has 2 aromatic carbocycles. The molecule has 0 bridgehead atoms. The molecule has 1 heterocycles. The number of hydrogen-bond donors (Lipinski definition) is 3. The van der Waals surface area contributed by atoms with Gasteiger partial charge in [0.25, 0.3) is 11.6 Å². The zero-order valence-corrected chi connectivity index (χ0v) is 18.3. The van der Waals surface area contributed by atoms with Gasteiger partial charge in [0.1, 0.15) is 11.4 Å². The van der Waals surface area contributed by atoms with E-state index in [1.54, 1.807) is 31.3 Å². The number of benzene rings is 2. The SMILES string of the molecule is CC(Nc1ccc(C(=O)NCC(O)c2ccc(OC(F)(F)F)cc2)cc1[N+](=O)[O-])c1ccccn1. The first-order valence-corrected chi connectivity index (χ1v) is 10.3. The number of carbonyl (C=O) groups excluding carboxylic acids is 1. The van der Waals surface area contributed by atoms with Gasteiger partial charge < -0.3 is 20.5 Å². The van der Waals surface area contributed by atoms with Crippen molar-refractivity contribution in [3.8, 4) is 5.75 Å². The zero-order valence-electron chi connectivity index (χ0n) is 18.3. The number of pyridine rings is 1. The second-order valence-electron chi connectivity index (χ2n) is 7.45. The molecule has 184 valence electrons. The molecule has 3 N–H and O–H groups in total. The lowest BCUT2D eigenvalue weighted by atomic mass is 10.1. The molecule has 0 spiro atoms. The molecule has 0 saturated heterocycles. The van der Waals surface area contributed by atoms with Gasteiger partial charge in [-0.05, 0) is 48.9 Å². The Morgan fingerprint density at radius 1 is 1.17 bits per heavy atom. The summed E-state index contributed by atoms with van der Waals surface area (Å²) in [6, 6.07) is 13.4. The summed E-state index contributed by atoms with van der Waals surface area (Å²) >= 11 is 0. The topological polar surface area (TPSA) is 127 Å². The van der Waals surface area contributed by atoms with Crippen LogP contribution in [0.5, 0.6) is 5.75 Å². The van der Waals surface area contributed by atoms with Crippen molar-refractivity contribution in [1.29, 1.82) is 0 Å². The summed E-state index contributed by atoms with van der Waals surface area (Å²) in [7, 11) is 0. The number of carbonyl (C=O) groups is 1. The molecule has 0 aliphatic heterocycles. The van der Waals surface area contributed by atoms with Gasteiger partial charge >= 0.3 is 6.36 Å². The van der Waals surface area contributed by atoms with Crippen molar-refractivity contribution in [2.45, 2.75) is 25.4 Å². The minimum atomic E-state index is -4.84. The second kappa shape index (κ2) is 10.8. The molecule has 3 rings (SSSR count). The number of aliphatic hydroxyl groups excluding tert-OH is 1. The Labute approximate surface area is 197 Å². The lowest BCUT2D eigenvalue weighted by Gasteiger charge is -2.16. The van der Waals surface area contributed by atoms with Gasteiger partial charge in [0.15, 0.2) is 0 Å². The van der Waals surface area contributed by atoms with E-state index in [0.717, 1.165) is 18.2 Å². The van der Waals surface area contributed by atoms with Crippen molar-refractivity contribution in [1.82, 2.24) is 10.3 Å². The molecular formula is C23H21F3N4O5. The molecule has 1 aromatic heterocycles. The van der Waals surface area contributed by atoms with Gasteiger partial charge in [-0.15, -0.1) is 13.2 Å². The van der Waals surface area contributed by atoms with Crippen LogP contribution >= 0.6 is 0 Å². The molecule has 9 nitrogen and oxygen atoms in total. The van der Waals surface area contributed by atoms with Gasteiger partial charge in [-0.2, -0.15) is 0 Å². The lowest BCUT2D eigenvalue weighted by Crippen LogP contribution is -2.28. The number of amides is 1. The summed E-state index contributed by atoms with van der Waals surface area (Å²) in [4.78, 5) is 27.7. The molecule has 3 aromatic rings. The van der Waals surface area contributed by atoms with Crippen molar-refractivity contribution in [2.75, 3.05) is 11.9 Å². The maximum Gasteiger partial charge on any atom is 0.573 e. The second-order valence-corrected chi connectivity index (χ2v) is 7.45. The maximum atomic E-state index is 12.5. The predicted octanol–water partition coefficient (Wildman–Crippen LogP) is 4.52. The van der Waals surface area contributed by atoms with Crippen molar-refractivity contribution in [2.24, 2.45) is 0 Å². The molecule has 1 amide bonds. The third kappa shape index (κ3) is 7.14. The molecule has 2 unspecified atom stereocenters. The van der Waals surface area contributed by atoms with E-state index in [2.05, 4.69) is 20.4 Å². The molecule has 0 aliphatic carbocycles. The summed E-state index contributed by atoms with van der Waals surface area (Å²) in [6.45, 7) is 1.51. The van der Waals surface area contributed by atoms with Crippen LogP contribution < -0.4 is 15.4 Å². The maximum absolute atomic E-state index is 12.5. The Kier molecular flexibility index (Phi) is 7.87. The minimum Gasteiger partial charge on any atom is -0.406 e. The average Bonchev–Trinajstić information content (AvgIpc) is 2.82. The van der Waals surface area contributed by atoms with Gasteiger partial charge in [-0.25, -0.2) is 0 Å². The third-order valence-electron chi connectivity index (χ3n) is 4.91. The van der Waals surface area contributed by atoms with E-state index < -0.39 is 29.0 Å². The Morgan fingerprint density at radius 3 is 2.49 bits per heavy atom. The minimum absolute atomic E-state index is 0.00568. The monoisotopic (exact) mass is 490 g/mol. The van der Waals surface area contributed by atoms with Gasteiger partial charge in [-0.3, -0.25) is 19.9 Å². The number of aromatic nitrogens is 1. The number of aliphatic hydroxyl groups is 1. The van der Waals surface area contributed by atoms with Crippen molar-refractivity contribution in [3.63, 3.8) is 0 Å². The number of halogens is 3. The highest BCUT2D eigenvalue weighted by molar-refractivity contribution is 5.95. The summed E-state index contributed by atoms with van der Waals surface area (Å²) in [5.74, 6) is -1.12. The Morgan fingerprint density at radius 2 is 1.89 bits per heavy atom. The van der Waals surface area contributed by atoms with Crippen LogP contribution in [0.3, 0.4) is 0 Å². The predicted molar refractivity (Wildman–Crippen MR) is 120 cm³/mol. The molecule has 0 radical (unpaired) electrons. The summed E-state index contributed by atoms with van der Waals surface area (Å²) in [5, 5.41) is 27.3. The highest BCUT2D eigenvalue weighted by Gasteiger charge is 2.31. The zero-order chi connectivity index (χ0) is 25.6. The fourth-order valence-corrected chi connectivity index (χ4v) is 3.19. The van der Waals surface area contributed by atoms with Crippen molar-refractivity contribution in [3.05, 3.63) is 93.8 Å². The Hall–Kier alpha value is -4.19. The molecule has 12 heteroatoms. The molecule has 0 fully saturated rings. The van der Waals surface area contributed by atoms with Crippen molar-refractivity contribution >= 4 is 17.3 Å². The van der Waals surface area contributed by atoms with Crippen LogP contribution in [0.1, 0.15) is 40.7 Å². The molecular weight excluding hydrogens is 469 g/mol. The van der Waals surface area contributed by atoms with E-state index in [4.69, 9.17) is 0 Å². The number of ether oxygens (including phenoxy) is 1. The van der Waals surface area contributed by atoms with Gasteiger partial charge in [-0.1, -0.05) is 18.2 Å². The number of nitro benzene ring substituents is 1.